The van der Waals surface area contributed by atoms with Crippen molar-refractivity contribution in [1.29, 1.82) is 0 Å². The Balaban J connectivity index is 1.15. The van der Waals surface area contributed by atoms with Crippen LogP contribution >= 0.6 is 0 Å². The quantitative estimate of drug-likeness (QED) is 0.0442. The summed E-state index contributed by atoms with van der Waals surface area (Å²) < 4.78 is 190. The summed E-state index contributed by atoms with van der Waals surface area (Å²) in [6, 6.07) is 31.4. The van der Waals surface area contributed by atoms with Gasteiger partial charge in [-0.15, -0.1) is 15.0 Å². The van der Waals surface area contributed by atoms with Crippen molar-refractivity contribution >= 4 is 47.5 Å². The predicted molar refractivity (Wildman–Crippen MR) is 241 cm³/mol. The summed E-state index contributed by atoms with van der Waals surface area (Å²) in [5.74, 6) is -0.375. The summed E-state index contributed by atoms with van der Waals surface area (Å²) in [4.78, 5) is 11.1. The first-order valence-electron chi connectivity index (χ1n) is 20.0. The highest BCUT2D eigenvalue weighted by atomic mass is 32.2. The van der Waals surface area contributed by atoms with Crippen molar-refractivity contribution in [2.24, 2.45) is 15.5 Å². The SMILES string of the molecule is C/C(=N/OS(=O)(=O)c1ccccc1)c1ccc(Oc2nc(Oc3ccc(/C(=N\OS(=O)(=O)c4ccccc4)C(F)(F)F)cc3)nc(Oc3ccc(/C(=N\OS(=O)(=O)c4ccccc4)C(F)(F)F)cc3)n2)cc1. The number of hydrogen-bond acceptors (Lipinski definition) is 18. The molecule has 0 unspecified atom stereocenters. The molecule has 18 nitrogen and oxygen atoms in total. The maximum absolute atomic E-state index is 14.1. The number of hydrogen-bond donors (Lipinski definition) is 0. The lowest BCUT2D eigenvalue weighted by Crippen LogP contribution is -2.25. The standard InChI is InChI=1S/C45H30F6N6O12S3/c1-29(55-67-70(58,59)36-11-5-2-6-12-36)30-17-23-33(24-18-30)64-41-52-42(65-34-25-19-31(20-26-34)39(44(46,47)48)56-68-71(60,61)37-13-7-3-8-14-37)54-43(53-41)66-35-27-21-32(22-28-35)40(45(49,50)51)57-69-72(62,63)38-15-9-4-10-16-38/h2-28H,1H3/b55-29-,56-39+,57-40+. The van der Waals surface area contributed by atoms with E-state index in [4.69, 9.17) is 18.5 Å². The number of aromatic nitrogens is 3. The molecule has 0 aliphatic rings. The Hall–Kier alpha value is -8.43. The van der Waals surface area contributed by atoms with Crippen molar-refractivity contribution in [2.45, 2.75) is 34.0 Å². The molecular formula is C45H30F6N6O12S3. The second-order valence-electron chi connectivity index (χ2n) is 14.1. The summed E-state index contributed by atoms with van der Waals surface area (Å²) >= 11 is 0. The number of halogens is 6. The molecule has 0 saturated carbocycles. The van der Waals surface area contributed by atoms with Crippen molar-refractivity contribution in [3.05, 3.63) is 180 Å². The van der Waals surface area contributed by atoms with Crippen LogP contribution in [0, 0.1) is 0 Å². The molecule has 372 valence electrons. The van der Waals surface area contributed by atoms with Crippen molar-refractivity contribution in [3.63, 3.8) is 0 Å². The van der Waals surface area contributed by atoms with Gasteiger partial charge in [0, 0.05) is 11.1 Å². The maximum atomic E-state index is 14.1. The molecule has 0 amide bonds. The van der Waals surface area contributed by atoms with Crippen LogP contribution in [-0.2, 0) is 43.2 Å². The van der Waals surface area contributed by atoms with Crippen LogP contribution in [0.4, 0.5) is 26.3 Å². The average Bonchev–Trinajstić information content (AvgIpc) is 3.34. The first-order chi connectivity index (χ1) is 34.1. The molecular weight excluding hydrogens is 1030 g/mol. The largest absolute Gasteiger partial charge is 0.437 e. The van der Waals surface area contributed by atoms with Gasteiger partial charge >= 0.3 is 60.7 Å². The van der Waals surface area contributed by atoms with Gasteiger partial charge in [-0.25, -0.2) is 0 Å². The summed E-state index contributed by atoms with van der Waals surface area (Å²) in [6.45, 7) is 1.47. The lowest BCUT2D eigenvalue weighted by Gasteiger charge is -2.12. The topological polar surface area (TPSA) is 234 Å². The van der Waals surface area contributed by atoms with E-state index >= 15 is 0 Å². The lowest BCUT2D eigenvalue weighted by atomic mass is 10.1. The molecule has 1 heterocycles. The molecule has 0 atom stereocenters. The van der Waals surface area contributed by atoms with Gasteiger partial charge in [0.25, 0.3) is 0 Å². The molecule has 27 heteroatoms. The van der Waals surface area contributed by atoms with Crippen molar-refractivity contribution in [3.8, 4) is 35.3 Å². The summed E-state index contributed by atoms with van der Waals surface area (Å²) in [5.41, 5.74) is -4.22. The van der Waals surface area contributed by atoms with E-state index in [9.17, 15) is 51.6 Å². The van der Waals surface area contributed by atoms with E-state index in [-0.39, 0.29) is 27.9 Å². The molecule has 0 aliphatic heterocycles. The lowest BCUT2D eigenvalue weighted by molar-refractivity contribution is -0.0606. The first kappa shape index (κ1) is 51.4. The van der Waals surface area contributed by atoms with E-state index in [0.29, 0.717) is 5.56 Å². The van der Waals surface area contributed by atoms with E-state index in [1.807, 2.05) is 0 Å². The number of benzene rings is 6. The molecule has 0 aliphatic carbocycles. The Kier molecular flexibility index (Phi) is 15.2. The molecule has 7 aromatic rings. The van der Waals surface area contributed by atoms with Gasteiger partial charge in [-0.05, 0) is 122 Å². The summed E-state index contributed by atoms with van der Waals surface area (Å²) in [7, 11) is -13.7. The van der Waals surface area contributed by atoms with E-state index in [0.717, 1.165) is 72.8 Å². The van der Waals surface area contributed by atoms with Gasteiger partial charge in [0.1, 0.15) is 31.9 Å². The number of alkyl halides is 6. The van der Waals surface area contributed by atoms with Gasteiger partial charge in [-0.3, -0.25) is 12.9 Å². The number of rotatable bonds is 18. The fourth-order valence-electron chi connectivity index (χ4n) is 5.66. The van der Waals surface area contributed by atoms with E-state index in [2.05, 4.69) is 39.0 Å². The van der Waals surface area contributed by atoms with Gasteiger partial charge in [-0.1, -0.05) is 70.1 Å². The average molecular weight is 1060 g/mol. The Bertz CT molecular complexity index is 3310. The fraction of sp³-hybridized carbons (Fsp3) is 0.0667. The third kappa shape index (κ3) is 13.5. The zero-order valence-electron chi connectivity index (χ0n) is 36.2. The molecule has 0 spiro atoms. The minimum Gasteiger partial charge on any atom is -0.424 e. The molecule has 0 radical (unpaired) electrons. The Morgan fingerprint density at radius 2 is 0.653 bits per heavy atom. The predicted octanol–water partition coefficient (Wildman–Crippen LogP) is 9.72. The molecule has 6 aromatic carbocycles. The highest BCUT2D eigenvalue weighted by molar-refractivity contribution is 7.87. The number of ether oxygens (including phenoxy) is 3. The zero-order valence-corrected chi connectivity index (χ0v) is 38.6. The third-order valence-corrected chi connectivity index (χ3v) is 12.4. The molecule has 72 heavy (non-hydrogen) atoms. The number of oxime groups is 3. The highest BCUT2D eigenvalue weighted by Crippen LogP contribution is 2.31. The van der Waals surface area contributed by atoms with Crippen molar-refractivity contribution in [1.82, 2.24) is 15.0 Å². The van der Waals surface area contributed by atoms with Gasteiger partial charge in [-0.2, -0.15) is 51.6 Å². The van der Waals surface area contributed by atoms with Crippen LogP contribution in [-0.4, -0.2) is 69.7 Å². The summed E-state index contributed by atoms with van der Waals surface area (Å²) in [6.07, 6.45) is -10.4. The van der Waals surface area contributed by atoms with Crippen LogP contribution in [0.15, 0.2) is 194 Å². The van der Waals surface area contributed by atoms with Gasteiger partial charge in [0.05, 0.1) is 5.71 Å². The molecule has 0 fully saturated rings. The molecule has 7 rings (SSSR count). The maximum Gasteiger partial charge on any atom is 0.437 e. The Labute approximate surface area is 404 Å². The minimum atomic E-state index is -5.21. The number of nitrogens with zero attached hydrogens (tertiary/aromatic N) is 6. The van der Waals surface area contributed by atoms with Gasteiger partial charge in [0.2, 0.25) is 0 Å². The minimum absolute atomic E-state index is 0.0483. The van der Waals surface area contributed by atoms with Crippen LogP contribution in [0.2, 0.25) is 0 Å². The molecule has 1 aromatic heterocycles. The monoisotopic (exact) mass is 1060 g/mol. The first-order valence-corrected chi connectivity index (χ1v) is 24.2. The van der Waals surface area contributed by atoms with Crippen molar-refractivity contribution < 1.29 is 78.7 Å². The third-order valence-electron chi connectivity index (χ3n) is 9.09. The van der Waals surface area contributed by atoms with Crippen molar-refractivity contribution in [2.75, 3.05) is 0 Å². The zero-order chi connectivity index (χ0) is 51.7. The summed E-state index contributed by atoms with van der Waals surface area (Å²) in [5, 5.41) is 9.51. The van der Waals surface area contributed by atoms with E-state index in [1.165, 1.54) is 91.9 Å². The Morgan fingerprint density at radius 1 is 0.389 bits per heavy atom. The van der Waals surface area contributed by atoms with Crippen LogP contribution in [0.25, 0.3) is 0 Å². The van der Waals surface area contributed by atoms with Crippen LogP contribution < -0.4 is 14.2 Å². The van der Waals surface area contributed by atoms with Crippen LogP contribution in [0.1, 0.15) is 23.6 Å². The smallest absolute Gasteiger partial charge is 0.424 e. The van der Waals surface area contributed by atoms with Gasteiger partial charge in [0.15, 0.2) is 11.4 Å². The highest BCUT2D eigenvalue weighted by Gasteiger charge is 2.40. The van der Waals surface area contributed by atoms with E-state index in [1.54, 1.807) is 6.07 Å². The van der Waals surface area contributed by atoms with Gasteiger partial charge < -0.3 is 14.2 Å². The Morgan fingerprint density at radius 3 is 0.931 bits per heavy atom. The molecule has 0 saturated heterocycles. The molecule has 0 bridgehead atoms. The normalized spacial score (nSPS) is 13.0. The van der Waals surface area contributed by atoms with E-state index < -0.39 is 93.1 Å². The molecule has 0 N–H and O–H groups in total. The second kappa shape index (κ2) is 21.3. The fourth-order valence-corrected chi connectivity index (χ4v) is 7.94. The van der Waals surface area contributed by atoms with Crippen LogP contribution in [0.5, 0.6) is 35.3 Å². The second-order valence-corrected chi connectivity index (χ2v) is 18.7. The van der Waals surface area contributed by atoms with Crippen LogP contribution in [0.3, 0.4) is 0 Å².